The van der Waals surface area contributed by atoms with E-state index in [2.05, 4.69) is 32.1 Å². The molecule has 0 aliphatic carbocycles. The molecule has 3 aromatic rings. The van der Waals surface area contributed by atoms with E-state index in [1.165, 1.54) is 0 Å². The first kappa shape index (κ1) is 12.9. The molecule has 0 saturated heterocycles. The van der Waals surface area contributed by atoms with E-state index in [-0.39, 0.29) is 0 Å². The molecule has 2 aromatic heterocycles. The Morgan fingerprint density at radius 3 is 2.60 bits per heavy atom. The summed E-state index contributed by atoms with van der Waals surface area (Å²) in [5, 5.41) is 4.56. The van der Waals surface area contributed by atoms with Gasteiger partial charge in [-0.05, 0) is 23.8 Å². The third-order valence-corrected chi connectivity index (χ3v) is 3.81. The van der Waals surface area contributed by atoms with Crippen LogP contribution < -0.4 is 5.73 Å². The lowest BCUT2D eigenvalue weighted by molar-refractivity contribution is 0.687. The molecular weight excluding hydrogens is 316 g/mol. The second kappa shape index (κ2) is 5.46. The lowest BCUT2D eigenvalue weighted by Gasteiger charge is -2.04. The van der Waals surface area contributed by atoms with E-state index in [0.717, 1.165) is 21.3 Å². The topological polar surface area (TPSA) is 56.7 Å². The number of nitrogen functional groups attached to an aromatic ring is 1. The summed E-state index contributed by atoms with van der Waals surface area (Å²) in [5.74, 6) is 0. The molecule has 0 bridgehead atoms. The van der Waals surface area contributed by atoms with Gasteiger partial charge in [0.05, 0.1) is 12.2 Å². The van der Waals surface area contributed by atoms with Crippen LogP contribution in [0.5, 0.6) is 0 Å². The molecule has 3 rings (SSSR count). The zero-order chi connectivity index (χ0) is 13.9. The van der Waals surface area contributed by atoms with Crippen molar-refractivity contribution < 1.29 is 0 Å². The maximum absolute atomic E-state index is 6.05. The highest BCUT2D eigenvalue weighted by Crippen LogP contribution is 2.24. The predicted molar refractivity (Wildman–Crippen MR) is 83.1 cm³/mol. The largest absolute Gasteiger partial charge is 0.396 e. The molecule has 100 valence electrons. The number of hydrogen-bond acceptors (Lipinski definition) is 3. The van der Waals surface area contributed by atoms with Crippen LogP contribution in [-0.2, 0) is 6.54 Å². The molecule has 4 nitrogen and oxygen atoms in total. The van der Waals surface area contributed by atoms with Crippen LogP contribution in [0.15, 0.2) is 59.5 Å². The maximum Gasteiger partial charge on any atom is 0.115 e. The summed E-state index contributed by atoms with van der Waals surface area (Å²) in [4.78, 5) is 4.01. The highest BCUT2D eigenvalue weighted by Gasteiger charge is 2.09. The molecule has 2 heterocycles. The molecule has 0 aliphatic rings. The molecule has 0 radical (unpaired) electrons. The van der Waals surface area contributed by atoms with Crippen LogP contribution in [0.2, 0.25) is 0 Å². The van der Waals surface area contributed by atoms with Crippen molar-refractivity contribution >= 4 is 21.6 Å². The fourth-order valence-corrected chi connectivity index (χ4v) is 2.46. The van der Waals surface area contributed by atoms with Crippen molar-refractivity contribution in [3.63, 3.8) is 0 Å². The van der Waals surface area contributed by atoms with Crippen LogP contribution in [0.1, 0.15) is 5.56 Å². The van der Waals surface area contributed by atoms with E-state index in [0.29, 0.717) is 12.2 Å². The molecule has 0 saturated carbocycles. The minimum absolute atomic E-state index is 0.670. The predicted octanol–water partition coefficient (Wildman–Crippen LogP) is 3.34. The van der Waals surface area contributed by atoms with Gasteiger partial charge in [-0.3, -0.25) is 9.67 Å². The van der Waals surface area contributed by atoms with Crippen LogP contribution >= 0.6 is 15.9 Å². The van der Waals surface area contributed by atoms with E-state index < -0.39 is 0 Å². The third kappa shape index (κ3) is 2.58. The van der Waals surface area contributed by atoms with Crippen molar-refractivity contribution in [2.45, 2.75) is 6.54 Å². The van der Waals surface area contributed by atoms with Crippen molar-refractivity contribution in [1.29, 1.82) is 0 Å². The Labute approximate surface area is 125 Å². The number of anilines is 1. The highest BCUT2D eigenvalue weighted by molar-refractivity contribution is 9.10. The lowest BCUT2D eigenvalue weighted by atomic mass is 10.2. The molecular formula is C15H13BrN4. The lowest BCUT2D eigenvalue weighted by Crippen LogP contribution is -2.01. The molecule has 0 atom stereocenters. The summed E-state index contributed by atoms with van der Waals surface area (Å²) < 4.78 is 2.92. The van der Waals surface area contributed by atoms with Crippen molar-refractivity contribution in [1.82, 2.24) is 14.8 Å². The Kier molecular flexibility index (Phi) is 3.52. The summed E-state index contributed by atoms with van der Waals surface area (Å²) in [5.41, 5.74) is 9.65. The quantitative estimate of drug-likeness (QED) is 0.802. The van der Waals surface area contributed by atoms with Crippen molar-refractivity contribution in [2.75, 3.05) is 5.73 Å². The number of rotatable bonds is 3. The Bertz CT molecular complexity index is 722. The van der Waals surface area contributed by atoms with Gasteiger partial charge in [0.25, 0.3) is 0 Å². The number of hydrogen-bond donors (Lipinski definition) is 1. The normalized spacial score (nSPS) is 10.7. The first-order valence-corrected chi connectivity index (χ1v) is 7.00. The SMILES string of the molecule is Nc1cn(Cc2ccccc2Br)nc1-c1ccncc1. The minimum Gasteiger partial charge on any atom is -0.396 e. The van der Waals surface area contributed by atoms with Crippen LogP contribution in [-0.4, -0.2) is 14.8 Å². The minimum atomic E-state index is 0.670. The highest BCUT2D eigenvalue weighted by atomic mass is 79.9. The second-order valence-corrected chi connectivity index (χ2v) is 5.31. The van der Waals surface area contributed by atoms with Gasteiger partial charge in [-0.1, -0.05) is 34.1 Å². The van der Waals surface area contributed by atoms with E-state index >= 15 is 0 Å². The second-order valence-electron chi connectivity index (χ2n) is 4.46. The average Bonchev–Trinajstić information content (AvgIpc) is 2.83. The fraction of sp³-hybridized carbons (Fsp3) is 0.0667. The number of halogens is 1. The van der Waals surface area contributed by atoms with Crippen molar-refractivity contribution in [2.24, 2.45) is 0 Å². The Hall–Kier alpha value is -2.14. The summed E-state index contributed by atoms with van der Waals surface area (Å²) in [6.07, 6.45) is 5.33. The molecule has 0 aliphatic heterocycles. The number of nitrogens with two attached hydrogens (primary N) is 1. The van der Waals surface area contributed by atoms with Gasteiger partial charge in [0.15, 0.2) is 0 Å². The van der Waals surface area contributed by atoms with Crippen molar-refractivity contribution in [3.05, 3.63) is 65.0 Å². The molecule has 1 aromatic carbocycles. The summed E-state index contributed by atoms with van der Waals surface area (Å²) in [6.45, 7) is 0.677. The fourth-order valence-electron chi connectivity index (χ4n) is 2.05. The smallest absolute Gasteiger partial charge is 0.115 e. The standard InChI is InChI=1S/C15H13BrN4/c16-13-4-2-1-3-12(13)9-20-10-14(17)15(19-20)11-5-7-18-8-6-11/h1-8,10H,9,17H2. The molecule has 20 heavy (non-hydrogen) atoms. The van der Waals surface area contributed by atoms with E-state index in [1.54, 1.807) is 12.4 Å². The molecule has 0 fully saturated rings. The summed E-state index contributed by atoms with van der Waals surface area (Å²) >= 11 is 3.54. The van der Waals surface area contributed by atoms with Gasteiger partial charge < -0.3 is 5.73 Å². The number of pyridine rings is 1. The van der Waals surface area contributed by atoms with Gasteiger partial charge in [-0.15, -0.1) is 0 Å². The van der Waals surface area contributed by atoms with Crippen LogP contribution in [0.4, 0.5) is 5.69 Å². The zero-order valence-electron chi connectivity index (χ0n) is 10.7. The third-order valence-electron chi connectivity index (χ3n) is 3.03. The van der Waals surface area contributed by atoms with Gasteiger partial charge in [-0.25, -0.2) is 0 Å². The first-order valence-electron chi connectivity index (χ1n) is 6.21. The Balaban J connectivity index is 1.92. The van der Waals surface area contributed by atoms with Gasteiger partial charge in [0.1, 0.15) is 5.69 Å². The van der Waals surface area contributed by atoms with Gasteiger partial charge in [0, 0.05) is 28.6 Å². The molecule has 0 amide bonds. The van der Waals surface area contributed by atoms with Gasteiger partial charge in [0.2, 0.25) is 0 Å². The van der Waals surface area contributed by atoms with E-state index in [4.69, 9.17) is 5.73 Å². The molecule has 0 spiro atoms. The van der Waals surface area contributed by atoms with Gasteiger partial charge >= 0.3 is 0 Å². The zero-order valence-corrected chi connectivity index (χ0v) is 12.3. The number of benzene rings is 1. The Morgan fingerprint density at radius 2 is 1.85 bits per heavy atom. The van der Waals surface area contributed by atoms with Gasteiger partial charge in [-0.2, -0.15) is 5.10 Å². The van der Waals surface area contributed by atoms with E-state index in [9.17, 15) is 0 Å². The molecule has 0 unspecified atom stereocenters. The molecule has 5 heteroatoms. The average molecular weight is 329 g/mol. The number of nitrogens with zero attached hydrogens (tertiary/aromatic N) is 3. The maximum atomic E-state index is 6.05. The summed E-state index contributed by atoms with van der Waals surface area (Å²) in [6, 6.07) is 11.9. The summed E-state index contributed by atoms with van der Waals surface area (Å²) in [7, 11) is 0. The number of aromatic nitrogens is 3. The first-order chi connectivity index (χ1) is 9.74. The monoisotopic (exact) mass is 328 g/mol. The van der Waals surface area contributed by atoms with Crippen LogP contribution in [0.25, 0.3) is 11.3 Å². The van der Waals surface area contributed by atoms with Crippen LogP contribution in [0, 0.1) is 0 Å². The van der Waals surface area contributed by atoms with Crippen LogP contribution in [0.3, 0.4) is 0 Å². The van der Waals surface area contributed by atoms with Crippen molar-refractivity contribution in [3.8, 4) is 11.3 Å². The molecule has 2 N–H and O–H groups in total. The van der Waals surface area contributed by atoms with E-state index in [1.807, 2.05) is 41.2 Å². The Morgan fingerprint density at radius 1 is 1.10 bits per heavy atom.